The standard InChI is InChI=1S/C21H24N2O3/c1-20(2)19(24)23(17-14-7-12-6-13-8-15(17)21(12,13)14)22(20)9-11-4-3-5-16-18(11)26-10-25-16/h3-5,12-15,17H,6-10H2,1-2H3. The average molecular weight is 352 g/mol. The van der Waals surface area contributed by atoms with Crippen LogP contribution in [-0.2, 0) is 11.3 Å². The normalized spacial score (nSPS) is 45.4. The summed E-state index contributed by atoms with van der Waals surface area (Å²) in [5.41, 5.74) is 1.36. The molecule has 7 rings (SSSR count). The zero-order chi connectivity index (χ0) is 17.4. The van der Waals surface area contributed by atoms with E-state index in [-0.39, 0.29) is 6.79 Å². The molecular weight excluding hydrogens is 328 g/mol. The van der Waals surface area contributed by atoms with Crippen LogP contribution in [0.3, 0.4) is 0 Å². The number of nitrogens with zero attached hydrogens (tertiary/aromatic N) is 2. The Balaban J connectivity index is 1.20. The summed E-state index contributed by atoms with van der Waals surface area (Å²) < 4.78 is 11.2. The largest absolute Gasteiger partial charge is 0.454 e. The Morgan fingerprint density at radius 1 is 1.12 bits per heavy atom. The van der Waals surface area contributed by atoms with Gasteiger partial charge in [-0.1, -0.05) is 12.1 Å². The molecule has 4 saturated carbocycles. The number of fused-ring (bicyclic) bond motifs is 1. The van der Waals surface area contributed by atoms with Crippen LogP contribution in [0.15, 0.2) is 18.2 Å². The number of ether oxygens (including phenoxy) is 2. The molecule has 2 heterocycles. The first kappa shape index (κ1) is 14.3. The Morgan fingerprint density at radius 3 is 2.62 bits per heavy atom. The van der Waals surface area contributed by atoms with Gasteiger partial charge in [-0.15, -0.1) is 0 Å². The lowest BCUT2D eigenvalue weighted by Crippen LogP contribution is -2.92. The Labute approximate surface area is 153 Å². The molecule has 4 atom stereocenters. The lowest BCUT2D eigenvalue weighted by molar-refractivity contribution is -0.426. The van der Waals surface area contributed by atoms with Gasteiger partial charge in [-0.25, -0.2) is 0 Å². The fourth-order valence-electron chi connectivity index (χ4n) is 7.66. The second kappa shape index (κ2) is 4.06. The molecule has 136 valence electrons. The van der Waals surface area contributed by atoms with E-state index in [0.29, 0.717) is 23.9 Å². The number of carbonyl (C=O) groups is 1. The Bertz CT molecular complexity index is 843. The Morgan fingerprint density at radius 2 is 1.88 bits per heavy atom. The van der Waals surface area contributed by atoms with E-state index in [9.17, 15) is 4.79 Å². The highest BCUT2D eigenvalue weighted by Crippen LogP contribution is 2.88. The van der Waals surface area contributed by atoms with E-state index in [0.717, 1.165) is 40.7 Å². The molecule has 0 N–H and O–H groups in total. The van der Waals surface area contributed by atoms with Crippen LogP contribution < -0.4 is 9.47 Å². The summed E-state index contributed by atoms with van der Waals surface area (Å²) in [6.07, 6.45) is 4.18. The predicted octanol–water partition coefficient (Wildman–Crippen LogP) is 2.80. The summed E-state index contributed by atoms with van der Waals surface area (Å²) in [5, 5.41) is 4.43. The molecule has 0 radical (unpaired) electrons. The van der Waals surface area contributed by atoms with Gasteiger partial charge in [-0.3, -0.25) is 9.80 Å². The van der Waals surface area contributed by atoms with Gasteiger partial charge in [0.15, 0.2) is 11.5 Å². The predicted molar refractivity (Wildman–Crippen MR) is 93.1 cm³/mol. The summed E-state index contributed by atoms with van der Waals surface area (Å²) >= 11 is 0. The molecule has 4 unspecified atom stereocenters. The van der Waals surface area contributed by atoms with Crippen molar-refractivity contribution in [3.63, 3.8) is 0 Å². The fourth-order valence-corrected chi connectivity index (χ4v) is 7.66. The van der Waals surface area contributed by atoms with Crippen LogP contribution in [0.2, 0.25) is 0 Å². The van der Waals surface area contributed by atoms with Crippen LogP contribution in [0, 0.1) is 29.1 Å². The maximum atomic E-state index is 13.0. The van der Waals surface area contributed by atoms with Crippen molar-refractivity contribution < 1.29 is 14.3 Å². The summed E-state index contributed by atoms with van der Waals surface area (Å²) in [7, 11) is 0. The molecule has 5 heteroatoms. The van der Waals surface area contributed by atoms with E-state index in [1.54, 1.807) is 0 Å². The van der Waals surface area contributed by atoms with E-state index < -0.39 is 5.54 Å². The first-order chi connectivity index (χ1) is 12.5. The van der Waals surface area contributed by atoms with E-state index in [4.69, 9.17) is 9.47 Å². The molecule has 5 fully saturated rings. The van der Waals surface area contributed by atoms with Crippen molar-refractivity contribution in [1.82, 2.24) is 10.0 Å². The summed E-state index contributed by atoms with van der Waals surface area (Å²) in [5.74, 6) is 5.50. The van der Waals surface area contributed by atoms with E-state index in [1.165, 1.54) is 19.3 Å². The molecule has 0 bridgehead atoms. The van der Waals surface area contributed by atoms with Crippen LogP contribution in [0.1, 0.15) is 38.7 Å². The van der Waals surface area contributed by atoms with Gasteiger partial charge >= 0.3 is 0 Å². The molecule has 6 aliphatic rings. The molecule has 4 aliphatic carbocycles. The smallest absolute Gasteiger partial charge is 0.258 e. The topological polar surface area (TPSA) is 42.0 Å². The van der Waals surface area contributed by atoms with Gasteiger partial charge in [0, 0.05) is 12.1 Å². The monoisotopic (exact) mass is 352 g/mol. The highest BCUT2D eigenvalue weighted by molar-refractivity contribution is 5.90. The van der Waals surface area contributed by atoms with Crippen molar-refractivity contribution in [3.05, 3.63) is 23.8 Å². The minimum atomic E-state index is -0.434. The third-order valence-corrected chi connectivity index (χ3v) is 8.89. The number of hydrogen-bond donors (Lipinski definition) is 0. The zero-order valence-electron chi connectivity index (χ0n) is 15.3. The number of carbonyl (C=O) groups excluding carboxylic acids is 1. The van der Waals surface area contributed by atoms with Gasteiger partial charge in [0.05, 0.1) is 6.04 Å². The van der Waals surface area contributed by atoms with E-state index in [2.05, 4.69) is 29.9 Å². The zero-order valence-corrected chi connectivity index (χ0v) is 15.3. The van der Waals surface area contributed by atoms with E-state index >= 15 is 0 Å². The van der Waals surface area contributed by atoms with Crippen molar-refractivity contribution in [2.45, 2.75) is 51.2 Å². The molecule has 0 aromatic heterocycles. The molecule has 2 aliphatic heterocycles. The maximum Gasteiger partial charge on any atom is 0.258 e. The molecule has 1 aromatic carbocycles. The third-order valence-electron chi connectivity index (χ3n) is 8.89. The van der Waals surface area contributed by atoms with Crippen LogP contribution in [0.4, 0.5) is 0 Å². The van der Waals surface area contributed by atoms with Crippen molar-refractivity contribution in [2.75, 3.05) is 6.79 Å². The van der Waals surface area contributed by atoms with E-state index in [1.807, 2.05) is 12.1 Å². The van der Waals surface area contributed by atoms with Gasteiger partial charge in [-0.2, -0.15) is 5.01 Å². The summed E-state index contributed by atoms with van der Waals surface area (Å²) in [6, 6.07) is 6.52. The van der Waals surface area contributed by atoms with Crippen LogP contribution >= 0.6 is 0 Å². The van der Waals surface area contributed by atoms with Crippen molar-refractivity contribution in [2.24, 2.45) is 29.1 Å². The maximum absolute atomic E-state index is 13.0. The van der Waals surface area contributed by atoms with Gasteiger partial charge in [0.1, 0.15) is 5.54 Å². The highest BCUT2D eigenvalue weighted by Gasteiger charge is 2.86. The van der Waals surface area contributed by atoms with Crippen LogP contribution in [0.5, 0.6) is 11.5 Å². The molecular formula is C21H24N2O3. The molecule has 1 aromatic rings. The number of para-hydroxylation sites is 1. The highest BCUT2D eigenvalue weighted by atomic mass is 16.7. The quantitative estimate of drug-likeness (QED) is 0.839. The second-order valence-electron chi connectivity index (χ2n) is 9.72. The number of rotatable bonds is 3. The number of benzene rings is 1. The summed E-state index contributed by atoms with van der Waals surface area (Å²) in [6.45, 7) is 5.10. The molecule has 1 amide bonds. The fraction of sp³-hybridized carbons (Fsp3) is 0.667. The Kier molecular flexibility index (Phi) is 2.24. The van der Waals surface area contributed by atoms with Gasteiger partial charge in [0.2, 0.25) is 6.79 Å². The van der Waals surface area contributed by atoms with Crippen molar-refractivity contribution in [1.29, 1.82) is 0 Å². The van der Waals surface area contributed by atoms with Crippen molar-refractivity contribution >= 4 is 5.91 Å². The summed E-state index contributed by atoms with van der Waals surface area (Å²) in [4.78, 5) is 13.0. The first-order valence-corrected chi connectivity index (χ1v) is 10.0. The molecule has 5 nitrogen and oxygen atoms in total. The first-order valence-electron chi connectivity index (χ1n) is 10.0. The van der Waals surface area contributed by atoms with Crippen molar-refractivity contribution in [3.8, 4) is 11.5 Å². The second-order valence-corrected chi connectivity index (χ2v) is 9.72. The number of amides is 1. The van der Waals surface area contributed by atoms with Crippen LogP contribution in [0.25, 0.3) is 0 Å². The lowest BCUT2D eigenvalue weighted by atomic mass is 9.17. The van der Waals surface area contributed by atoms with Crippen LogP contribution in [-0.4, -0.2) is 34.3 Å². The molecule has 1 spiro atoms. The molecule has 1 saturated heterocycles. The molecule has 26 heavy (non-hydrogen) atoms. The van der Waals surface area contributed by atoms with Gasteiger partial charge in [-0.05, 0) is 68.3 Å². The van der Waals surface area contributed by atoms with Gasteiger partial charge < -0.3 is 9.47 Å². The SMILES string of the molecule is CC1(C)C(=O)N(C2C3CC4CC5CC2C453)N1Cc1cccc2c1OCO2. The Hall–Kier alpha value is -1.75. The minimum absolute atomic E-state index is 0.288. The number of hydrogen-bond acceptors (Lipinski definition) is 4. The van der Waals surface area contributed by atoms with Gasteiger partial charge in [0.25, 0.3) is 5.91 Å². The lowest BCUT2D eigenvalue weighted by Gasteiger charge is -2.90. The number of hydrazine groups is 1. The third kappa shape index (κ3) is 1.23. The minimum Gasteiger partial charge on any atom is -0.454 e. The average Bonchev–Trinajstić information content (AvgIpc) is 3.03.